The highest BCUT2D eigenvalue weighted by atomic mass is 16.4. The summed E-state index contributed by atoms with van der Waals surface area (Å²) in [6.45, 7) is 16.4. The normalized spacial score (nSPS) is 49.7. The maximum absolute atomic E-state index is 12.8. The third kappa shape index (κ3) is 2.74. The molecule has 0 heterocycles. The molecule has 0 aromatic rings. The van der Waals surface area contributed by atoms with Gasteiger partial charge in [-0.2, -0.15) is 0 Å². The summed E-state index contributed by atoms with van der Waals surface area (Å²) in [5.41, 5.74) is 0.928. The van der Waals surface area contributed by atoms with E-state index in [2.05, 4.69) is 60.6 Å². The summed E-state index contributed by atoms with van der Waals surface area (Å²) in [7, 11) is 0. The first-order valence-electron chi connectivity index (χ1n) is 13.3. The number of fused-ring (bicyclic) bond motifs is 7. The van der Waals surface area contributed by atoms with Gasteiger partial charge in [-0.15, -0.1) is 0 Å². The van der Waals surface area contributed by atoms with Crippen molar-refractivity contribution >= 4 is 11.8 Å². The van der Waals surface area contributed by atoms with Crippen LogP contribution in [0.4, 0.5) is 0 Å². The summed E-state index contributed by atoms with van der Waals surface area (Å²) >= 11 is 0. The first kappa shape index (κ1) is 23.4. The molecule has 0 aliphatic heterocycles. The minimum Gasteiger partial charge on any atom is -0.481 e. The fraction of sp³-hybridized carbons (Fsp3) is 0.800. The number of ketones is 1. The second kappa shape index (κ2) is 6.64. The summed E-state index contributed by atoms with van der Waals surface area (Å²) in [5, 5.41) is 10.5. The number of hydrogen-bond acceptors (Lipinski definition) is 2. The summed E-state index contributed by atoms with van der Waals surface area (Å²) in [5.74, 6) is 0.717. The van der Waals surface area contributed by atoms with E-state index in [1.54, 1.807) is 0 Å². The van der Waals surface area contributed by atoms with Crippen LogP contribution < -0.4 is 0 Å². The van der Waals surface area contributed by atoms with Crippen molar-refractivity contribution in [1.29, 1.82) is 0 Å². The van der Waals surface area contributed by atoms with Gasteiger partial charge in [0, 0.05) is 5.41 Å². The number of carboxylic acid groups (broad SMARTS) is 1. The van der Waals surface area contributed by atoms with Gasteiger partial charge in [-0.05, 0) is 96.9 Å². The molecule has 0 radical (unpaired) electrons. The zero-order valence-corrected chi connectivity index (χ0v) is 21.9. The van der Waals surface area contributed by atoms with Crippen molar-refractivity contribution in [2.75, 3.05) is 0 Å². The molecule has 0 aromatic carbocycles. The van der Waals surface area contributed by atoms with Gasteiger partial charge in [-0.1, -0.05) is 66.2 Å². The molecule has 0 amide bonds. The van der Waals surface area contributed by atoms with Gasteiger partial charge in [0.1, 0.15) is 0 Å². The Labute approximate surface area is 200 Å². The van der Waals surface area contributed by atoms with E-state index in [4.69, 9.17) is 0 Å². The topological polar surface area (TPSA) is 54.4 Å². The van der Waals surface area contributed by atoms with Crippen LogP contribution in [0, 0.1) is 50.2 Å². The molecule has 3 heteroatoms. The maximum atomic E-state index is 12.8. The lowest BCUT2D eigenvalue weighted by atomic mass is 9.34. The Morgan fingerprint density at radius 3 is 2.27 bits per heavy atom. The highest BCUT2D eigenvalue weighted by molar-refractivity contribution is 5.95. The Hall–Kier alpha value is -1.38. The highest BCUT2D eigenvalue weighted by Gasteiger charge is 2.68. The first-order chi connectivity index (χ1) is 15.1. The fourth-order valence-corrected chi connectivity index (χ4v) is 9.93. The van der Waals surface area contributed by atoms with Crippen molar-refractivity contribution in [1.82, 2.24) is 0 Å². The second-order valence-electron chi connectivity index (χ2n) is 14.5. The molecule has 3 fully saturated rings. The monoisotopic (exact) mass is 452 g/mol. The third-order valence-corrected chi connectivity index (χ3v) is 12.3. The Balaban J connectivity index is 1.63. The second-order valence-corrected chi connectivity index (χ2v) is 14.5. The maximum Gasteiger partial charge on any atom is 0.310 e. The van der Waals surface area contributed by atoms with Crippen LogP contribution in [0.15, 0.2) is 23.8 Å². The van der Waals surface area contributed by atoms with Crippen molar-refractivity contribution in [3.63, 3.8) is 0 Å². The summed E-state index contributed by atoms with van der Waals surface area (Å²) in [4.78, 5) is 25.5. The standard InChI is InChI=1S/C30H44O3/c1-25(2)14-16-30(24(32)33)17-15-28(6)19(20(30)18-25)8-9-22-27(5)12-11-23(31)26(3,4)21(27)10-13-29(22,28)7/h8,11-12,20-22H,9-10,13-18H2,1-7H3,(H,32,33)/t20?,21?,22?,27-,28+,29+,30-/m0/s1. The number of aliphatic carboxylic acids is 1. The zero-order chi connectivity index (χ0) is 24.2. The van der Waals surface area contributed by atoms with Crippen molar-refractivity contribution in [3.05, 3.63) is 23.8 Å². The van der Waals surface area contributed by atoms with Gasteiger partial charge in [0.2, 0.25) is 0 Å². The van der Waals surface area contributed by atoms with Gasteiger partial charge in [0.05, 0.1) is 5.41 Å². The van der Waals surface area contributed by atoms with Gasteiger partial charge < -0.3 is 5.11 Å². The number of carbonyl (C=O) groups excluding carboxylic acids is 1. The predicted molar refractivity (Wildman–Crippen MR) is 132 cm³/mol. The third-order valence-electron chi connectivity index (χ3n) is 12.3. The molecule has 182 valence electrons. The van der Waals surface area contributed by atoms with Gasteiger partial charge in [0.15, 0.2) is 5.78 Å². The molecular formula is C30H44O3. The van der Waals surface area contributed by atoms with Crippen LogP contribution in [0.25, 0.3) is 0 Å². The van der Waals surface area contributed by atoms with E-state index in [1.807, 2.05) is 6.08 Å². The number of rotatable bonds is 1. The van der Waals surface area contributed by atoms with Crippen molar-refractivity contribution in [2.24, 2.45) is 50.2 Å². The summed E-state index contributed by atoms with van der Waals surface area (Å²) < 4.78 is 0. The molecule has 5 aliphatic rings. The van der Waals surface area contributed by atoms with E-state index in [0.717, 1.165) is 51.4 Å². The first-order valence-corrected chi connectivity index (χ1v) is 13.3. The van der Waals surface area contributed by atoms with Gasteiger partial charge >= 0.3 is 5.97 Å². The number of carboxylic acids is 1. The van der Waals surface area contributed by atoms with Crippen molar-refractivity contribution < 1.29 is 14.7 Å². The summed E-state index contributed by atoms with van der Waals surface area (Å²) in [6, 6.07) is 0. The van der Waals surface area contributed by atoms with Gasteiger partial charge in [-0.3, -0.25) is 9.59 Å². The zero-order valence-electron chi connectivity index (χ0n) is 21.9. The van der Waals surface area contributed by atoms with Crippen LogP contribution in [0.5, 0.6) is 0 Å². The fourth-order valence-electron chi connectivity index (χ4n) is 9.93. The quantitative estimate of drug-likeness (QED) is 0.427. The van der Waals surface area contributed by atoms with Crippen LogP contribution in [-0.4, -0.2) is 16.9 Å². The molecule has 5 aliphatic carbocycles. The molecular weight excluding hydrogens is 408 g/mol. The molecule has 5 rings (SSSR count). The molecule has 3 saturated carbocycles. The molecule has 7 atom stereocenters. The molecule has 0 spiro atoms. The Bertz CT molecular complexity index is 969. The molecule has 0 bridgehead atoms. The van der Waals surface area contributed by atoms with Gasteiger partial charge in [-0.25, -0.2) is 0 Å². The molecule has 0 aromatic heterocycles. The Morgan fingerprint density at radius 2 is 1.61 bits per heavy atom. The number of carbonyl (C=O) groups is 2. The number of allylic oxidation sites excluding steroid dienone is 4. The minimum atomic E-state index is -0.579. The average Bonchev–Trinajstić information content (AvgIpc) is 2.71. The van der Waals surface area contributed by atoms with Crippen molar-refractivity contribution in [3.8, 4) is 0 Å². The predicted octanol–water partition coefficient (Wildman–Crippen LogP) is 7.22. The smallest absolute Gasteiger partial charge is 0.310 e. The molecule has 0 saturated heterocycles. The van der Waals surface area contributed by atoms with Crippen LogP contribution in [0.3, 0.4) is 0 Å². The van der Waals surface area contributed by atoms with Crippen LogP contribution in [0.1, 0.15) is 99.8 Å². The van der Waals surface area contributed by atoms with Crippen LogP contribution in [0.2, 0.25) is 0 Å². The minimum absolute atomic E-state index is 0.00260. The lowest BCUT2D eigenvalue weighted by Crippen LogP contribution is -2.63. The van der Waals surface area contributed by atoms with E-state index < -0.39 is 11.4 Å². The highest BCUT2D eigenvalue weighted by Crippen LogP contribution is 2.74. The Morgan fingerprint density at radius 1 is 0.939 bits per heavy atom. The molecule has 1 N–H and O–H groups in total. The molecule has 33 heavy (non-hydrogen) atoms. The van der Waals surface area contributed by atoms with Crippen LogP contribution in [-0.2, 0) is 9.59 Å². The largest absolute Gasteiger partial charge is 0.481 e. The lowest BCUT2D eigenvalue weighted by Gasteiger charge is -2.69. The summed E-state index contributed by atoms with van der Waals surface area (Å²) in [6.07, 6.45) is 14.5. The van der Waals surface area contributed by atoms with Gasteiger partial charge in [0.25, 0.3) is 0 Å². The SMILES string of the molecule is CC1(C)CC[C@]2(C(=O)O)CC[C@]3(C)C(=CCC4[C@@]5(C)C=CC(=O)C(C)(C)C5CC[C@]43C)C2C1. The average molecular weight is 453 g/mol. The number of hydrogen-bond donors (Lipinski definition) is 1. The van der Waals surface area contributed by atoms with Crippen LogP contribution >= 0.6 is 0 Å². The molecule has 3 unspecified atom stereocenters. The van der Waals surface area contributed by atoms with E-state index in [-0.39, 0.29) is 38.8 Å². The van der Waals surface area contributed by atoms with E-state index >= 15 is 0 Å². The molecule has 3 nitrogen and oxygen atoms in total. The van der Waals surface area contributed by atoms with E-state index in [0.29, 0.717) is 11.8 Å². The Kier molecular flexibility index (Phi) is 4.70. The van der Waals surface area contributed by atoms with E-state index in [1.165, 1.54) is 5.57 Å². The lowest BCUT2D eigenvalue weighted by molar-refractivity contribution is -0.174. The van der Waals surface area contributed by atoms with Crippen molar-refractivity contribution in [2.45, 2.75) is 99.8 Å². The van der Waals surface area contributed by atoms with E-state index in [9.17, 15) is 14.7 Å².